The molecule has 2 bridgehead atoms. The lowest BCUT2D eigenvalue weighted by atomic mass is 9.97. The van der Waals surface area contributed by atoms with Crippen molar-refractivity contribution in [2.75, 3.05) is 38.2 Å². The van der Waals surface area contributed by atoms with E-state index in [-0.39, 0.29) is 5.75 Å². The van der Waals surface area contributed by atoms with Gasteiger partial charge in [-0.05, 0) is 79.0 Å². The minimum atomic E-state index is 0.262. The van der Waals surface area contributed by atoms with Crippen molar-refractivity contribution in [3.05, 3.63) is 54.6 Å². The van der Waals surface area contributed by atoms with Crippen LogP contribution in [0.4, 0.5) is 5.82 Å². The number of nitrogens with one attached hydrogen (secondary N) is 1. The van der Waals surface area contributed by atoms with Gasteiger partial charge in [0.05, 0.1) is 5.52 Å². The lowest BCUT2D eigenvalue weighted by molar-refractivity contribution is 0.188. The SMILES string of the molecule is CN1CCC[C@H]1COc1nc(N2C[C@H]3C[C@@H]2CN3)c2ccc(-c3cc(O)cc4ccccc34)cc2n1. The van der Waals surface area contributed by atoms with Crippen molar-refractivity contribution in [2.24, 2.45) is 0 Å². The Balaban J connectivity index is 1.33. The van der Waals surface area contributed by atoms with Gasteiger partial charge in [-0.3, -0.25) is 0 Å². The smallest absolute Gasteiger partial charge is 0.319 e. The van der Waals surface area contributed by atoms with Crippen molar-refractivity contribution in [3.8, 4) is 22.9 Å². The third kappa shape index (κ3) is 3.74. The molecule has 7 nitrogen and oxygen atoms in total. The Labute approximate surface area is 210 Å². The average Bonchev–Trinajstić information content (AvgIpc) is 3.63. The van der Waals surface area contributed by atoms with Gasteiger partial charge >= 0.3 is 6.01 Å². The molecule has 4 aromatic rings. The molecule has 2 N–H and O–H groups in total. The number of nitrogens with zero attached hydrogens (tertiary/aromatic N) is 4. The molecule has 7 heteroatoms. The molecule has 0 saturated carbocycles. The summed E-state index contributed by atoms with van der Waals surface area (Å²) in [6.07, 6.45) is 3.51. The lowest BCUT2D eigenvalue weighted by Crippen LogP contribution is -2.44. The predicted octanol–water partition coefficient (Wildman–Crippen LogP) is 4.18. The fourth-order valence-electron chi connectivity index (χ4n) is 6.26. The molecule has 36 heavy (non-hydrogen) atoms. The monoisotopic (exact) mass is 481 g/mol. The number of hydrogen-bond donors (Lipinski definition) is 2. The maximum absolute atomic E-state index is 10.4. The van der Waals surface area contributed by atoms with Crippen LogP contribution in [-0.2, 0) is 0 Å². The third-order valence-electron chi connectivity index (χ3n) is 8.22. The first-order valence-corrected chi connectivity index (χ1v) is 13.0. The van der Waals surface area contributed by atoms with Crippen molar-refractivity contribution >= 4 is 27.5 Å². The average molecular weight is 482 g/mol. The molecule has 1 aromatic heterocycles. The Morgan fingerprint density at radius 2 is 2.00 bits per heavy atom. The van der Waals surface area contributed by atoms with Crippen molar-refractivity contribution in [1.29, 1.82) is 0 Å². The first kappa shape index (κ1) is 21.8. The number of rotatable bonds is 5. The van der Waals surface area contributed by atoms with E-state index in [1.165, 1.54) is 6.42 Å². The Kier molecular flexibility index (Phi) is 5.22. The second-order valence-electron chi connectivity index (χ2n) is 10.5. The highest BCUT2D eigenvalue weighted by Gasteiger charge is 2.39. The second-order valence-corrected chi connectivity index (χ2v) is 10.5. The standard InChI is InChI=1S/C29H31N5O2/c1-33-10-4-6-21(33)17-36-29-31-27-12-19(26-14-23(35)11-18-5-2-3-7-24(18)26)8-9-25(27)28(32-29)34-16-20-13-22(34)15-30-20/h2-3,5,7-9,11-12,14,20-22,30,35H,4,6,10,13,15-17H2,1H3/t20-,21+,22-/m1/s1. The van der Waals surface area contributed by atoms with Crippen molar-refractivity contribution < 1.29 is 9.84 Å². The zero-order valence-electron chi connectivity index (χ0n) is 20.5. The fourth-order valence-corrected chi connectivity index (χ4v) is 6.26. The van der Waals surface area contributed by atoms with Crippen LogP contribution in [0.25, 0.3) is 32.8 Å². The van der Waals surface area contributed by atoms with Crippen LogP contribution >= 0.6 is 0 Å². The Morgan fingerprint density at radius 1 is 1.08 bits per heavy atom. The summed E-state index contributed by atoms with van der Waals surface area (Å²) in [6.45, 7) is 3.67. The lowest BCUT2D eigenvalue weighted by Gasteiger charge is -2.29. The summed E-state index contributed by atoms with van der Waals surface area (Å²) in [7, 11) is 2.16. The Morgan fingerprint density at radius 3 is 2.81 bits per heavy atom. The molecular formula is C29H31N5O2. The number of phenols is 1. The van der Waals surface area contributed by atoms with Gasteiger partial charge in [-0.2, -0.15) is 9.97 Å². The molecule has 0 radical (unpaired) electrons. The van der Waals surface area contributed by atoms with Gasteiger partial charge in [0.2, 0.25) is 0 Å². The highest BCUT2D eigenvalue weighted by atomic mass is 16.5. The number of anilines is 1. The summed E-state index contributed by atoms with van der Waals surface area (Å²) in [5.74, 6) is 1.23. The normalized spacial score (nSPS) is 23.8. The van der Waals surface area contributed by atoms with E-state index in [0.29, 0.717) is 30.7 Å². The van der Waals surface area contributed by atoms with Gasteiger partial charge in [0.25, 0.3) is 0 Å². The van der Waals surface area contributed by atoms with Gasteiger partial charge in [-0.15, -0.1) is 0 Å². The minimum Gasteiger partial charge on any atom is -0.508 e. The summed E-state index contributed by atoms with van der Waals surface area (Å²) in [5.41, 5.74) is 2.88. The third-order valence-corrected chi connectivity index (χ3v) is 8.22. The van der Waals surface area contributed by atoms with E-state index in [1.807, 2.05) is 30.3 Å². The van der Waals surface area contributed by atoms with Crippen LogP contribution < -0.4 is 15.0 Å². The zero-order valence-corrected chi connectivity index (χ0v) is 20.5. The molecular weight excluding hydrogens is 450 g/mol. The summed E-state index contributed by atoms with van der Waals surface area (Å²) in [6, 6.07) is 20.0. The van der Waals surface area contributed by atoms with E-state index < -0.39 is 0 Å². The molecule has 0 amide bonds. The number of aromatic nitrogens is 2. The van der Waals surface area contributed by atoms with Crippen LogP contribution in [0.2, 0.25) is 0 Å². The van der Waals surface area contributed by atoms with Crippen LogP contribution in [0, 0.1) is 0 Å². The van der Waals surface area contributed by atoms with Gasteiger partial charge in [-0.25, -0.2) is 0 Å². The molecule has 0 spiro atoms. The molecule has 3 aliphatic rings. The van der Waals surface area contributed by atoms with E-state index in [2.05, 4.69) is 46.4 Å². The number of likely N-dealkylation sites (tertiary alicyclic amines) is 1. The molecule has 3 saturated heterocycles. The van der Waals surface area contributed by atoms with E-state index in [9.17, 15) is 5.11 Å². The highest BCUT2D eigenvalue weighted by Crippen LogP contribution is 2.38. The van der Waals surface area contributed by atoms with Crippen LogP contribution in [-0.4, -0.2) is 71.4 Å². The number of fused-ring (bicyclic) bond motifs is 4. The van der Waals surface area contributed by atoms with Gasteiger partial charge in [0.1, 0.15) is 18.2 Å². The van der Waals surface area contributed by atoms with Gasteiger partial charge in [-0.1, -0.05) is 30.3 Å². The van der Waals surface area contributed by atoms with Crippen LogP contribution in [0.3, 0.4) is 0 Å². The van der Waals surface area contributed by atoms with E-state index in [4.69, 9.17) is 14.7 Å². The van der Waals surface area contributed by atoms with Crippen molar-refractivity contribution in [1.82, 2.24) is 20.2 Å². The Hall–Kier alpha value is -3.42. The number of ether oxygens (including phenoxy) is 1. The molecule has 184 valence electrons. The first-order chi connectivity index (χ1) is 17.6. The van der Waals surface area contributed by atoms with Crippen LogP contribution in [0.1, 0.15) is 19.3 Å². The van der Waals surface area contributed by atoms with Crippen LogP contribution in [0.15, 0.2) is 54.6 Å². The minimum absolute atomic E-state index is 0.262. The molecule has 3 aromatic carbocycles. The number of hydrogen-bond acceptors (Lipinski definition) is 7. The maximum atomic E-state index is 10.4. The summed E-state index contributed by atoms with van der Waals surface area (Å²) < 4.78 is 6.24. The van der Waals surface area contributed by atoms with Crippen LogP contribution in [0.5, 0.6) is 11.8 Å². The number of benzene rings is 3. The molecule has 3 fully saturated rings. The van der Waals surface area contributed by atoms with Crippen molar-refractivity contribution in [3.63, 3.8) is 0 Å². The van der Waals surface area contributed by atoms with Gasteiger partial charge in [0.15, 0.2) is 0 Å². The maximum Gasteiger partial charge on any atom is 0.319 e. The predicted molar refractivity (Wildman–Crippen MR) is 143 cm³/mol. The quantitative estimate of drug-likeness (QED) is 0.443. The highest BCUT2D eigenvalue weighted by molar-refractivity contribution is 6.01. The van der Waals surface area contributed by atoms with E-state index in [1.54, 1.807) is 0 Å². The van der Waals surface area contributed by atoms with Gasteiger partial charge < -0.3 is 25.0 Å². The summed E-state index contributed by atoms with van der Waals surface area (Å²) >= 11 is 0. The molecule has 3 atom stereocenters. The van der Waals surface area contributed by atoms with E-state index >= 15 is 0 Å². The molecule has 0 unspecified atom stereocenters. The number of aromatic hydroxyl groups is 1. The fraction of sp³-hybridized carbons (Fsp3) is 0.379. The number of likely N-dealkylation sites (N-methyl/N-ethyl adjacent to an activating group) is 1. The summed E-state index contributed by atoms with van der Waals surface area (Å²) in [5, 5.41) is 17.2. The zero-order chi connectivity index (χ0) is 24.2. The van der Waals surface area contributed by atoms with Gasteiger partial charge in [0, 0.05) is 36.6 Å². The molecule has 0 aliphatic carbocycles. The topological polar surface area (TPSA) is 73.8 Å². The molecule has 3 aliphatic heterocycles. The van der Waals surface area contributed by atoms with Crippen molar-refractivity contribution in [2.45, 2.75) is 37.4 Å². The molecule has 4 heterocycles. The first-order valence-electron chi connectivity index (χ1n) is 13.0. The Bertz CT molecular complexity index is 1460. The second kappa shape index (κ2) is 8.61. The largest absolute Gasteiger partial charge is 0.508 e. The van der Waals surface area contributed by atoms with E-state index in [0.717, 1.165) is 71.1 Å². The molecule has 7 rings (SSSR count). The number of piperazine rings is 1. The number of phenolic OH excluding ortho intramolecular Hbond substituents is 1. The summed E-state index contributed by atoms with van der Waals surface area (Å²) in [4.78, 5) is 14.6.